The number of benzene rings is 3. The minimum absolute atomic E-state index is 0.116. The van der Waals surface area contributed by atoms with Crippen molar-refractivity contribution in [1.82, 2.24) is 14.9 Å². The molecular weight excluding hydrogens is 458 g/mol. The predicted molar refractivity (Wildman–Crippen MR) is 142 cm³/mol. The SMILES string of the molecule is CC(C)(C)c1ccc(OCCCn2c(CCNC(=O)c3ccc(Cl)cc3)nc3ccccc32)cc1. The molecule has 0 saturated carbocycles. The van der Waals surface area contributed by atoms with Gasteiger partial charge in [0, 0.05) is 30.1 Å². The summed E-state index contributed by atoms with van der Waals surface area (Å²) in [6, 6.07) is 23.4. The normalized spacial score (nSPS) is 11.5. The highest BCUT2D eigenvalue weighted by Gasteiger charge is 2.14. The number of amides is 1. The van der Waals surface area contributed by atoms with Crippen LogP contribution in [0.5, 0.6) is 5.75 Å². The van der Waals surface area contributed by atoms with Crippen LogP contribution in [-0.4, -0.2) is 28.6 Å². The second kappa shape index (κ2) is 11.0. The smallest absolute Gasteiger partial charge is 0.251 e. The van der Waals surface area contributed by atoms with Crippen molar-refractivity contribution in [3.63, 3.8) is 0 Å². The Bertz CT molecular complexity index is 1270. The van der Waals surface area contributed by atoms with E-state index in [0.29, 0.717) is 30.2 Å². The van der Waals surface area contributed by atoms with Crippen LogP contribution < -0.4 is 10.1 Å². The molecule has 5 nitrogen and oxygen atoms in total. The Hall–Kier alpha value is -3.31. The Morgan fingerprint density at radius 3 is 2.43 bits per heavy atom. The van der Waals surface area contributed by atoms with Crippen LogP contribution in [0.3, 0.4) is 0 Å². The predicted octanol–water partition coefficient (Wildman–Crippen LogP) is 6.43. The van der Waals surface area contributed by atoms with Crippen molar-refractivity contribution >= 4 is 28.5 Å². The highest BCUT2D eigenvalue weighted by Crippen LogP contribution is 2.24. The summed E-state index contributed by atoms with van der Waals surface area (Å²) in [5, 5.41) is 3.59. The number of hydrogen-bond acceptors (Lipinski definition) is 3. The van der Waals surface area contributed by atoms with E-state index in [1.54, 1.807) is 24.3 Å². The van der Waals surface area contributed by atoms with Gasteiger partial charge in [-0.2, -0.15) is 0 Å². The molecule has 0 spiro atoms. The minimum Gasteiger partial charge on any atom is -0.494 e. The number of aromatic nitrogens is 2. The van der Waals surface area contributed by atoms with Gasteiger partial charge in [-0.3, -0.25) is 4.79 Å². The Labute approximate surface area is 212 Å². The number of fused-ring (bicyclic) bond motifs is 1. The van der Waals surface area contributed by atoms with E-state index in [1.165, 1.54) is 5.56 Å². The lowest BCUT2D eigenvalue weighted by Crippen LogP contribution is -2.26. The van der Waals surface area contributed by atoms with E-state index in [4.69, 9.17) is 21.3 Å². The van der Waals surface area contributed by atoms with Crippen molar-refractivity contribution in [3.8, 4) is 5.75 Å². The maximum absolute atomic E-state index is 12.4. The molecule has 182 valence electrons. The zero-order chi connectivity index (χ0) is 24.8. The molecule has 1 N–H and O–H groups in total. The van der Waals surface area contributed by atoms with Gasteiger partial charge in [0.05, 0.1) is 17.6 Å². The Balaban J connectivity index is 1.35. The highest BCUT2D eigenvalue weighted by atomic mass is 35.5. The molecule has 35 heavy (non-hydrogen) atoms. The first-order valence-corrected chi connectivity index (χ1v) is 12.4. The first-order chi connectivity index (χ1) is 16.8. The van der Waals surface area contributed by atoms with Crippen LogP contribution >= 0.6 is 11.6 Å². The molecule has 1 heterocycles. The molecule has 3 aromatic carbocycles. The van der Waals surface area contributed by atoms with Crippen LogP contribution in [0.4, 0.5) is 0 Å². The molecule has 6 heteroatoms. The zero-order valence-corrected chi connectivity index (χ0v) is 21.3. The van der Waals surface area contributed by atoms with Gasteiger partial charge in [-0.25, -0.2) is 4.98 Å². The highest BCUT2D eigenvalue weighted by molar-refractivity contribution is 6.30. The van der Waals surface area contributed by atoms with Crippen LogP contribution in [0.2, 0.25) is 5.02 Å². The Kier molecular flexibility index (Phi) is 7.76. The number of aryl methyl sites for hydroxylation is 1. The van der Waals surface area contributed by atoms with Crippen molar-refractivity contribution in [2.75, 3.05) is 13.2 Å². The van der Waals surface area contributed by atoms with Gasteiger partial charge in [0.1, 0.15) is 11.6 Å². The molecule has 0 atom stereocenters. The van der Waals surface area contributed by atoms with Crippen molar-refractivity contribution in [3.05, 3.63) is 94.8 Å². The van der Waals surface area contributed by atoms with Crippen molar-refractivity contribution < 1.29 is 9.53 Å². The fourth-order valence-corrected chi connectivity index (χ4v) is 4.15. The van der Waals surface area contributed by atoms with Crippen LogP contribution in [0, 0.1) is 0 Å². The van der Waals surface area contributed by atoms with Gasteiger partial charge < -0.3 is 14.6 Å². The molecule has 1 aromatic heterocycles. The fourth-order valence-electron chi connectivity index (χ4n) is 4.02. The summed E-state index contributed by atoms with van der Waals surface area (Å²) in [6.07, 6.45) is 1.49. The number of hydrogen-bond donors (Lipinski definition) is 1. The Morgan fingerprint density at radius 2 is 1.71 bits per heavy atom. The molecular formula is C29H32ClN3O2. The van der Waals surface area contributed by atoms with Crippen molar-refractivity contribution in [2.45, 2.75) is 45.6 Å². The summed E-state index contributed by atoms with van der Waals surface area (Å²) in [5.41, 5.74) is 4.08. The first kappa shape index (κ1) is 24.8. The maximum atomic E-state index is 12.4. The van der Waals surface area contributed by atoms with E-state index in [-0.39, 0.29) is 11.3 Å². The molecule has 1 amide bonds. The van der Waals surface area contributed by atoms with Gasteiger partial charge in [0.25, 0.3) is 5.91 Å². The number of carbonyl (C=O) groups excluding carboxylic acids is 1. The second-order valence-electron chi connectivity index (χ2n) is 9.66. The summed E-state index contributed by atoms with van der Waals surface area (Å²) in [4.78, 5) is 17.2. The zero-order valence-electron chi connectivity index (χ0n) is 20.6. The number of carbonyl (C=O) groups is 1. The fraction of sp³-hybridized carbons (Fsp3) is 0.310. The number of nitrogens with one attached hydrogen (secondary N) is 1. The standard InChI is InChI=1S/C29H32ClN3O2/c1-29(2,3)22-11-15-24(16-12-22)35-20-6-19-33-26-8-5-4-7-25(26)32-27(33)17-18-31-28(34)21-9-13-23(30)14-10-21/h4-5,7-16H,6,17-20H2,1-3H3,(H,31,34). The van der Waals surface area contributed by atoms with Crippen LogP contribution in [0.1, 0.15) is 48.9 Å². The number of ether oxygens (including phenoxy) is 1. The molecule has 0 bridgehead atoms. The lowest BCUT2D eigenvalue weighted by atomic mass is 9.87. The van der Waals surface area contributed by atoms with Gasteiger partial charge in [-0.05, 0) is 65.9 Å². The lowest BCUT2D eigenvalue weighted by Gasteiger charge is -2.19. The van der Waals surface area contributed by atoms with Gasteiger partial charge in [-0.1, -0.05) is 56.6 Å². The van der Waals surface area contributed by atoms with Crippen LogP contribution in [0.25, 0.3) is 11.0 Å². The summed E-state index contributed by atoms with van der Waals surface area (Å²) in [6.45, 7) is 8.54. The number of rotatable bonds is 9. The van der Waals surface area contributed by atoms with Crippen molar-refractivity contribution in [1.29, 1.82) is 0 Å². The van der Waals surface area contributed by atoms with Gasteiger partial charge >= 0.3 is 0 Å². The molecule has 0 aliphatic carbocycles. The average molecular weight is 490 g/mol. The minimum atomic E-state index is -0.116. The summed E-state index contributed by atoms with van der Waals surface area (Å²) in [7, 11) is 0. The van der Waals surface area contributed by atoms with E-state index in [2.05, 4.69) is 48.9 Å². The van der Waals surface area contributed by atoms with E-state index in [0.717, 1.165) is 35.6 Å². The Morgan fingerprint density at radius 1 is 1.00 bits per heavy atom. The number of imidazole rings is 1. The topological polar surface area (TPSA) is 56.1 Å². The molecule has 0 radical (unpaired) electrons. The molecule has 0 fully saturated rings. The summed E-state index contributed by atoms with van der Waals surface area (Å²) < 4.78 is 8.23. The first-order valence-electron chi connectivity index (χ1n) is 12.0. The average Bonchev–Trinajstić information content (AvgIpc) is 3.19. The van der Waals surface area contributed by atoms with Crippen LogP contribution in [-0.2, 0) is 18.4 Å². The summed E-state index contributed by atoms with van der Waals surface area (Å²) in [5.74, 6) is 1.73. The third-order valence-electron chi connectivity index (χ3n) is 5.99. The summed E-state index contributed by atoms with van der Waals surface area (Å²) >= 11 is 5.91. The third-order valence-corrected chi connectivity index (χ3v) is 6.24. The molecule has 0 aliphatic rings. The monoisotopic (exact) mass is 489 g/mol. The molecule has 0 unspecified atom stereocenters. The number of halogens is 1. The van der Waals surface area contributed by atoms with Gasteiger partial charge in [0.15, 0.2) is 0 Å². The van der Waals surface area contributed by atoms with E-state index >= 15 is 0 Å². The largest absolute Gasteiger partial charge is 0.494 e. The number of para-hydroxylation sites is 2. The molecule has 4 aromatic rings. The molecule has 0 saturated heterocycles. The van der Waals surface area contributed by atoms with Crippen molar-refractivity contribution in [2.24, 2.45) is 0 Å². The lowest BCUT2D eigenvalue weighted by molar-refractivity contribution is 0.0954. The second-order valence-corrected chi connectivity index (χ2v) is 10.1. The van der Waals surface area contributed by atoms with Gasteiger partial charge in [0.2, 0.25) is 0 Å². The molecule has 0 aliphatic heterocycles. The van der Waals surface area contributed by atoms with E-state index in [9.17, 15) is 4.79 Å². The quantitative estimate of drug-likeness (QED) is 0.276. The van der Waals surface area contributed by atoms with Gasteiger partial charge in [-0.15, -0.1) is 0 Å². The van der Waals surface area contributed by atoms with E-state index < -0.39 is 0 Å². The number of nitrogens with zero attached hydrogens (tertiary/aromatic N) is 2. The van der Waals surface area contributed by atoms with E-state index in [1.807, 2.05) is 30.3 Å². The molecule has 4 rings (SSSR count). The third kappa shape index (κ3) is 6.43. The van der Waals surface area contributed by atoms with Crippen LogP contribution in [0.15, 0.2) is 72.8 Å². The maximum Gasteiger partial charge on any atom is 0.251 e.